The minimum absolute atomic E-state index is 0.418. The Hall–Kier alpha value is -1.99. The molecule has 0 bridgehead atoms. The monoisotopic (exact) mass is 343 g/mol. The Bertz CT molecular complexity index is 664. The van der Waals surface area contributed by atoms with Crippen LogP contribution in [0.5, 0.6) is 0 Å². The lowest BCUT2D eigenvalue weighted by Crippen LogP contribution is -2.41. The van der Waals surface area contributed by atoms with E-state index in [4.69, 9.17) is 0 Å². The smallest absolute Gasteiger partial charge is 0.224 e. The number of piperidine rings is 1. The first-order chi connectivity index (χ1) is 12.1. The molecule has 3 rings (SSSR count). The van der Waals surface area contributed by atoms with Gasteiger partial charge < -0.3 is 14.8 Å². The van der Waals surface area contributed by atoms with Gasteiger partial charge in [-0.15, -0.1) is 0 Å². The van der Waals surface area contributed by atoms with Crippen LogP contribution in [0.4, 0.5) is 5.95 Å². The first-order valence-electron chi connectivity index (χ1n) is 8.91. The summed E-state index contributed by atoms with van der Waals surface area (Å²) in [6.45, 7) is 2.92. The van der Waals surface area contributed by atoms with Crippen LogP contribution >= 0.6 is 0 Å². The van der Waals surface area contributed by atoms with Crippen LogP contribution in [0.2, 0.25) is 0 Å². The van der Waals surface area contributed by atoms with Gasteiger partial charge in [-0.25, -0.2) is 15.0 Å². The number of nitrogens with one attached hydrogen (secondary N) is 1. The van der Waals surface area contributed by atoms with Gasteiger partial charge in [0, 0.05) is 58.4 Å². The number of likely N-dealkylation sites (tertiary alicyclic amines) is 1. The summed E-state index contributed by atoms with van der Waals surface area (Å²) in [6.07, 6.45) is 10.2. The van der Waals surface area contributed by atoms with Gasteiger partial charge in [0.15, 0.2) is 0 Å². The first kappa shape index (κ1) is 17.8. The van der Waals surface area contributed by atoms with Crippen LogP contribution < -0.4 is 10.2 Å². The largest absolute Gasteiger partial charge is 0.347 e. The molecular weight excluding hydrogens is 314 g/mol. The second-order valence-electron chi connectivity index (χ2n) is 7.17. The van der Waals surface area contributed by atoms with E-state index in [1.807, 2.05) is 43.9 Å². The molecule has 2 aromatic heterocycles. The SMILES string of the molecule is CN(C)c1ncc(CNC[C@@H]2CCCN(C)[C@H]2c2cncn2C)cn1. The number of aromatic nitrogens is 4. The summed E-state index contributed by atoms with van der Waals surface area (Å²) >= 11 is 0. The van der Waals surface area contributed by atoms with E-state index in [1.165, 1.54) is 18.5 Å². The van der Waals surface area contributed by atoms with Crippen molar-refractivity contribution in [3.8, 4) is 0 Å². The van der Waals surface area contributed by atoms with Crippen LogP contribution in [0.25, 0.3) is 0 Å². The molecule has 0 saturated carbocycles. The Kier molecular flexibility index (Phi) is 5.65. The summed E-state index contributed by atoms with van der Waals surface area (Å²) in [5.41, 5.74) is 2.42. The third kappa shape index (κ3) is 4.16. The van der Waals surface area contributed by atoms with Crippen molar-refractivity contribution < 1.29 is 0 Å². The zero-order valence-corrected chi connectivity index (χ0v) is 15.7. The Morgan fingerprint density at radius 2 is 1.96 bits per heavy atom. The summed E-state index contributed by atoms with van der Waals surface area (Å²) in [6, 6.07) is 0.418. The van der Waals surface area contributed by atoms with Gasteiger partial charge in [-0.3, -0.25) is 4.90 Å². The van der Waals surface area contributed by atoms with Crippen LogP contribution in [-0.2, 0) is 13.6 Å². The fraction of sp³-hybridized carbons (Fsp3) is 0.611. The van der Waals surface area contributed by atoms with Gasteiger partial charge in [0.25, 0.3) is 0 Å². The fourth-order valence-corrected chi connectivity index (χ4v) is 3.67. The van der Waals surface area contributed by atoms with Gasteiger partial charge in [0.05, 0.1) is 18.1 Å². The van der Waals surface area contributed by atoms with E-state index in [0.29, 0.717) is 12.0 Å². The molecular formula is C18H29N7. The molecule has 25 heavy (non-hydrogen) atoms. The molecule has 0 unspecified atom stereocenters. The molecule has 0 amide bonds. The molecule has 3 heterocycles. The Morgan fingerprint density at radius 3 is 2.60 bits per heavy atom. The minimum Gasteiger partial charge on any atom is -0.347 e. The average molecular weight is 343 g/mol. The van der Waals surface area contributed by atoms with E-state index in [0.717, 1.165) is 31.1 Å². The quantitative estimate of drug-likeness (QED) is 0.857. The van der Waals surface area contributed by atoms with Crippen molar-refractivity contribution in [2.45, 2.75) is 25.4 Å². The van der Waals surface area contributed by atoms with Crippen molar-refractivity contribution in [3.63, 3.8) is 0 Å². The highest BCUT2D eigenvalue weighted by molar-refractivity contribution is 5.26. The van der Waals surface area contributed by atoms with E-state index in [1.54, 1.807) is 0 Å². The molecule has 1 N–H and O–H groups in total. The molecule has 7 nitrogen and oxygen atoms in total. The topological polar surface area (TPSA) is 62.1 Å². The van der Waals surface area contributed by atoms with Crippen molar-refractivity contribution in [1.82, 2.24) is 29.7 Å². The first-order valence-corrected chi connectivity index (χ1v) is 8.91. The summed E-state index contributed by atoms with van der Waals surface area (Å²) in [5.74, 6) is 1.32. The lowest BCUT2D eigenvalue weighted by molar-refractivity contribution is 0.113. The predicted octanol–water partition coefficient (Wildman–Crippen LogP) is 1.45. The number of imidazole rings is 1. The maximum absolute atomic E-state index is 4.38. The highest BCUT2D eigenvalue weighted by atomic mass is 15.2. The standard InChI is InChI=1S/C18H29N7/c1-23(2)18-21-9-14(10-22-18)8-19-11-15-6-5-7-24(3)17(15)16-12-20-13-25(16)4/h9-10,12-13,15,17,19H,5-8,11H2,1-4H3/t15-,17+/m0/s1. The minimum atomic E-state index is 0.418. The van der Waals surface area contributed by atoms with Crippen LogP contribution in [-0.4, -0.2) is 58.7 Å². The molecule has 0 spiro atoms. The molecule has 2 aromatic rings. The normalized spacial score (nSPS) is 21.4. The van der Waals surface area contributed by atoms with Crippen LogP contribution in [0.15, 0.2) is 24.9 Å². The Morgan fingerprint density at radius 1 is 1.20 bits per heavy atom. The molecule has 1 aliphatic heterocycles. The summed E-state index contributed by atoms with van der Waals surface area (Å²) in [5, 5.41) is 3.60. The van der Waals surface area contributed by atoms with E-state index in [-0.39, 0.29) is 0 Å². The van der Waals surface area contributed by atoms with Crippen LogP contribution in [0.3, 0.4) is 0 Å². The lowest BCUT2D eigenvalue weighted by Gasteiger charge is -2.39. The summed E-state index contributed by atoms with van der Waals surface area (Å²) in [4.78, 5) is 17.4. The van der Waals surface area contributed by atoms with E-state index in [2.05, 4.69) is 43.8 Å². The third-order valence-corrected chi connectivity index (χ3v) is 4.99. The Balaban J connectivity index is 1.60. The van der Waals surface area contributed by atoms with Crippen molar-refractivity contribution in [3.05, 3.63) is 36.2 Å². The van der Waals surface area contributed by atoms with Gasteiger partial charge in [0.2, 0.25) is 5.95 Å². The number of rotatable bonds is 6. The molecule has 0 aromatic carbocycles. The van der Waals surface area contributed by atoms with Crippen molar-refractivity contribution in [2.24, 2.45) is 13.0 Å². The molecule has 2 atom stereocenters. The molecule has 0 aliphatic carbocycles. The molecule has 7 heteroatoms. The van der Waals surface area contributed by atoms with E-state index in [9.17, 15) is 0 Å². The number of hydrogen-bond donors (Lipinski definition) is 1. The van der Waals surface area contributed by atoms with Gasteiger partial charge in [0.1, 0.15) is 0 Å². The fourth-order valence-electron chi connectivity index (χ4n) is 3.67. The van der Waals surface area contributed by atoms with Gasteiger partial charge in [-0.2, -0.15) is 0 Å². The number of hydrogen-bond acceptors (Lipinski definition) is 6. The number of aryl methyl sites for hydroxylation is 1. The van der Waals surface area contributed by atoms with Gasteiger partial charge >= 0.3 is 0 Å². The third-order valence-electron chi connectivity index (χ3n) is 4.99. The maximum atomic E-state index is 4.38. The zero-order chi connectivity index (χ0) is 17.8. The highest BCUT2D eigenvalue weighted by Crippen LogP contribution is 2.34. The van der Waals surface area contributed by atoms with Gasteiger partial charge in [-0.05, 0) is 32.4 Å². The molecule has 1 fully saturated rings. The van der Waals surface area contributed by atoms with Crippen molar-refractivity contribution in [2.75, 3.05) is 39.1 Å². The highest BCUT2D eigenvalue weighted by Gasteiger charge is 2.31. The molecule has 0 radical (unpaired) electrons. The van der Waals surface area contributed by atoms with E-state index < -0.39 is 0 Å². The second kappa shape index (κ2) is 7.93. The van der Waals surface area contributed by atoms with Gasteiger partial charge in [-0.1, -0.05) is 0 Å². The predicted molar refractivity (Wildman–Crippen MR) is 99.4 cm³/mol. The van der Waals surface area contributed by atoms with Crippen molar-refractivity contribution in [1.29, 1.82) is 0 Å². The zero-order valence-electron chi connectivity index (χ0n) is 15.7. The maximum Gasteiger partial charge on any atom is 0.224 e. The second-order valence-corrected chi connectivity index (χ2v) is 7.17. The summed E-state index contributed by atoms with van der Waals surface area (Å²) in [7, 11) is 8.20. The molecule has 1 saturated heterocycles. The van der Waals surface area contributed by atoms with Crippen LogP contribution in [0.1, 0.15) is 30.1 Å². The number of anilines is 1. The molecule has 136 valence electrons. The van der Waals surface area contributed by atoms with Crippen LogP contribution in [0, 0.1) is 5.92 Å². The van der Waals surface area contributed by atoms with Crippen molar-refractivity contribution >= 4 is 5.95 Å². The average Bonchev–Trinajstić information content (AvgIpc) is 3.01. The lowest BCUT2D eigenvalue weighted by atomic mass is 9.87. The summed E-state index contributed by atoms with van der Waals surface area (Å²) < 4.78 is 2.15. The number of nitrogens with zero attached hydrogens (tertiary/aromatic N) is 6. The van der Waals surface area contributed by atoms with E-state index >= 15 is 0 Å². The Labute approximate surface area is 150 Å². The molecule has 1 aliphatic rings.